The second-order valence-electron chi connectivity index (χ2n) is 1.11. The monoisotopic (exact) mass is 101 g/mol. The summed E-state index contributed by atoms with van der Waals surface area (Å²) in [6.45, 7) is 7.01. The number of aliphatic hydroxyl groups is 1. The maximum absolute atomic E-state index is 8.12. The highest BCUT2D eigenvalue weighted by molar-refractivity contribution is 4.84. The number of hydrogen-bond donors (Lipinski definition) is 1. The third kappa shape index (κ3) is 5.37. The Morgan fingerprint density at radius 2 is 2.43 bits per heavy atom. The van der Waals surface area contributed by atoms with Crippen molar-refractivity contribution in [2.75, 3.05) is 13.2 Å². The highest BCUT2D eigenvalue weighted by atomic mass is 16.5. The molecule has 0 atom stereocenters. The molecule has 0 radical (unpaired) electrons. The Labute approximate surface area is 43.4 Å². The van der Waals surface area contributed by atoms with E-state index in [1.54, 1.807) is 0 Å². The fourth-order valence-electron chi connectivity index (χ4n) is 0.190. The molecule has 40 valence electrons. The smallest absolute Gasteiger partial charge is 0.269 e. The van der Waals surface area contributed by atoms with E-state index in [0.29, 0.717) is 12.4 Å². The molecule has 0 amide bonds. The molecule has 2 heteroatoms. The minimum atomic E-state index is 0.0224. The zero-order chi connectivity index (χ0) is 5.70. The summed E-state index contributed by atoms with van der Waals surface area (Å²) in [5, 5.41) is 8.12. The van der Waals surface area contributed by atoms with Crippen LogP contribution in [-0.4, -0.2) is 18.3 Å². The fourth-order valence-corrected chi connectivity index (χ4v) is 0.190. The quantitative estimate of drug-likeness (QED) is 0.410. The van der Waals surface area contributed by atoms with E-state index in [9.17, 15) is 0 Å². The summed E-state index contributed by atoms with van der Waals surface area (Å²) in [5.41, 5.74) is 0. The summed E-state index contributed by atoms with van der Waals surface area (Å²) in [4.78, 5) is 0. The van der Waals surface area contributed by atoms with Crippen LogP contribution >= 0.6 is 0 Å². The molecule has 2 nitrogen and oxygen atoms in total. The Hall–Kier alpha value is -0.630. The van der Waals surface area contributed by atoms with Crippen molar-refractivity contribution in [3.63, 3.8) is 0 Å². The van der Waals surface area contributed by atoms with Crippen molar-refractivity contribution in [1.29, 1.82) is 0 Å². The summed E-state index contributed by atoms with van der Waals surface area (Å²) >= 11 is 0. The number of rotatable bonds is 3. The van der Waals surface area contributed by atoms with Gasteiger partial charge in [-0.15, -0.1) is 0 Å². The van der Waals surface area contributed by atoms with Crippen LogP contribution < -0.4 is 0 Å². The molecule has 0 rings (SSSR count). The molecule has 0 saturated carbocycles. The standard InChI is InChI=1S/C5H9O2/c1-5(2)7-4-3-6/h6H,1-4H2/q+1. The molecule has 0 aromatic rings. The van der Waals surface area contributed by atoms with Crippen LogP contribution in [0.1, 0.15) is 0 Å². The van der Waals surface area contributed by atoms with Gasteiger partial charge in [-0.25, -0.2) is 0 Å². The van der Waals surface area contributed by atoms with Crippen LogP contribution in [0.2, 0.25) is 0 Å². The van der Waals surface area contributed by atoms with Gasteiger partial charge >= 0.3 is 0 Å². The lowest BCUT2D eigenvalue weighted by molar-refractivity contribution is 0.152. The summed E-state index contributed by atoms with van der Waals surface area (Å²) in [7, 11) is 0. The van der Waals surface area contributed by atoms with Gasteiger partial charge < -0.3 is 9.84 Å². The minimum absolute atomic E-state index is 0.0224. The zero-order valence-electron chi connectivity index (χ0n) is 4.18. The molecule has 0 aliphatic rings. The van der Waals surface area contributed by atoms with E-state index in [2.05, 4.69) is 18.2 Å². The van der Waals surface area contributed by atoms with Crippen LogP contribution in [0.25, 0.3) is 0 Å². The first kappa shape index (κ1) is 6.37. The molecule has 0 aliphatic heterocycles. The molecule has 0 heterocycles. The maximum Gasteiger partial charge on any atom is 0.269 e. The first-order valence-electron chi connectivity index (χ1n) is 2.02. The zero-order valence-corrected chi connectivity index (χ0v) is 4.18. The van der Waals surface area contributed by atoms with Crippen LogP contribution in [0.15, 0.2) is 12.3 Å². The Morgan fingerprint density at radius 3 is 2.57 bits per heavy atom. The van der Waals surface area contributed by atoms with Gasteiger partial charge in [0.25, 0.3) is 5.76 Å². The van der Waals surface area contributed by atoms with E-state index in [0.717, 1.165) is 0 Å². The predicted octanol–water partition coefficient (Wildman–Crippen LogP) is 0.343. The summed E-state index contributed by atoms with van der Waals surface area (Å²) < 4.78 is 4.64. The van der Waals surface area contributed by atoms with E-state index < -0.39 is 0 Å². The number of aliphatic hydroxyl groups excluding tert-OH is 1. The normalized spacial score (nSPS) is 8.14. The molecular weight excluding hydrogens is 92.1 g/mol. The lowest BCUT2D eigenvalue weighted by Gasteiger charge is -1.92. The Kier molecular flexibility index (Phi) is 3.24. The molecule has 0 unspecified atom stereocenters. The van der Waals surface area contributed by atoms with Gasteiger partial charge in [0.15, 0.2) is 0 Å². The lowest BCUT2D eigenvalue weighted by Crippen LogP contribution is -1.95. The SMILES string of the molecule is C=C([CH2+])OCCO. The van der Waals surface area contributed by atoms with Crippen LogP contribution in [0.4, 0.5) is 0 Å². The largest absolute Gasteiger partial charge is 0.460 e. The van der Waals surface area contributed by atoms with Gasteiger partial charge in [-0.3, -0.25) is 0 Å². The maximum atomic E-state index is 8.12. The molecular formula is C5H9O2+. The van der Waals surface area contributed by atoms with Gasteiger partial charge in [0.05, 0.1) is 20.1 Å². The molecule has 0 fully saturated rings. The van der Waals surface area contributed by atoms with Crippen molar-refractivity contribution in [3.8, 4) is 0 Å². The van der Waals surface area contributed by atoms with Crippen LogP contribution in [0.5, 0.6) is 0 Å². The van der Waals surface area contributed by atoms with Crippen molar-refractivity contribution in [1.82, 2.24) is 0 Å². The Morgan fingerprint density at radius 1 is 1.86 bits per heavy atom. The molecule has 0 saturated heterocycles. The molecule has 0 aromatic carbocycles. The number of ether oxygens (including phenoxy) is 1. The van der Waals surface area contributed by atoms with Gasteiger partial charge in [0, 0.05) is 0 Å². The third-order valence-corrected chi connectivity index (χ3v) is 0.397. The third-order valence-electron chi connectivity index (χ3n) is 0.397. The molecule has 0 aliphatic carbocycles. The van der Waals surface area contributed by atoms with Gasteiger partial charge in [-0.1, -0.05) is 0 Å². The van der Waals surface area contributed by atoms with Gasteiger partial charge in [0.1, 0.15) is 6.61 Å². The van der Waals surface area contributed by atoms with Gasteiger partial charge in [-0.05, 0) is 0 Å². The fraction of sp³-hybridized carbons (Fsp3) is 0.400. The second kappa shape index (κ2) is 3.56. The van der Waals surface area contributed by atoms with Crippen molar-refractivity contribution in [2.24, 2.45) is 0 Å². The second-order valence-corrected chi connectivity index (χ2v) is 1.11. The van der Waals surface area contributed by atoms with Crippen LogP contribution in [-0.2, 0) is 4.74 Å². The molecule has 7 heavy (non-hydrogen) atoms. The Bertz CT molecular complexity index is 59.1. The summed E-state index contributed by atoms with van der Waals surface area (Å²) in [6.07, 6.45) is 0. The highest BCUT2D eigenvalue weighted by Crippen LogP contribution is 1.85. The molecule has 0 bridgehead atoms. The number of hydrogen-bond acceptors (Lipinski definition) is 2. The predicted molar refractivity (Wildman–Crippen MR) is 27.5 cm³/mol. The van der Waals surface area contributed by atoms with Crippen molar-refractivity contribution in [2.45, 2.75) is 0 Å². The van der Waals surface area contributed by atoms with E-state index >= 15 is 0 Å². The van der Waals surface area contributed by atoms with E-state index in [-0.39, 0.29) is 6.61 Å². The average Bonchev–Trinajstić information content (AvgIpc) is 1.61. The average molecular weight is 101 g/mol. The van der Waals surface area contributed by atoms with Crippen molar-refractivity contribution < 1.29 is 9.84 Å². The van der Waals surface area contributed by atoms with Gasteiger partial charge in [-0.2, -0.15) is 0 Å². The minimum Gasteiger partial charge on any atom is -0.460 e. The first-order chi connectivity index (χ1) is 3.27. The first-order valence-corrected chi connectivity index (χ1v) is 2.02. The highest BCUT2D eigenvalue weighted by Gasteiger charge is 1.87. The summed E-state index contributed by atoms with van der Waals surface area (Å²) in [5.74, 6) is 0.397. The molecule has 1 N–H and O–H groups in total. The van der Waals surface area contributed by atoms with Crippen LogP contribution in [0, 0.1) is 6.92 Å². The van der Waals surface area contributed by atoms with Gasteiger partial charge in [0.2, 0.25) is 0 Å². The van der Waals surface area contributed by atoms with E-state index in [4.69, 9.17) is 5.11 Å². The van der Waals surface area contributed by atoms with E-state index in [1.807, 2.05) is 0 Å². The topological polar surface area (TPSA) is 29.5 Å². The molecule has 0 aromatic heterocycles. The van der Waals surface area contributed by atoms with Crippen molar-refractivity contribution in [3.05, 3.63) is 19.3 Å². The van der Waals surface area contributed by atoms with Crippen LogP contribution in [0.3, 0.4) is 0 Å². The van der Waals surface area contributed by atoms with E-state index in [1.165, 1.54) is 0 Å². The number of allylic oxidation sites excluding steroid dienone is 1. The summed E-state index contributed by atoms with van der Waals surface area (Å²) in [6, 6.07) is 0. The van der Waals surface area contributed by atoms with Crippen molar-refractivity contribution >= 4 is 0 Å². The molecule has 0 spiro atoms. The lowest BCUT2D eigenvalue weighted by atomic mass is 10.6. The Balaban J connectivity index is 2.82.